The van der Waals surface area contributed by atoms with Crippen molar-refractivity contribution >= 4 is 61.1 Å². The van der Waals surface area contributed by atoms with E-state index in [0.29, 0.717) is 16.7 Å². The van der Waals surface area contributed by atoms with Gasteiger partial charge >= 0.3 is 16.4 Å². The number of rotatable bonds is 14. The Balaban J connectivity index is 1.29. The van der Waals surface area contributed by atoms with E-state index in [9.17, 15) is 27.9 Å². The van der Waals surface area contributed by atoms with Gasteiger partial charge in [0, 0.05) is 30.8 Å². The lowest BCUT2D eigenvalue weighted by Crippen LogP contribution is -2.68. The van der Waals surface area contributed by atoms with Crippen LogP contribution in [0.15, 0.2) is 34.9 Å². The van der Waals surface area contributed by atoms with E-state index >= 15 is 0 Å². The van der Waals surface area contributed by atoms with Crippen molar-refractivity contribution in [3.05, 3.63) is 35.5 Å². The number of nitrogens with one attached hydrogen (secondary N) is 1. The summed E-state index contributed by atoms with van der Waals surface area (Å²) >= 11 is 0.996. The summed E-state index contributed by atoms with van der Waals surface area (Å²) < 4.78 is 45.4. The molecule has 19 heteroatoms. The number of nitrogens with two attached hydrogens (primary N) is 1. The topological polar surface area (TPSA) is 229 Å². The maximum atomic E-state index is 13.3. The van der Waals surface area contributed by atoms with Gasteiger partial charge in [-0.1, -0.05) is 5.16 Å². The highest BCUT2D eigenvalue weighted by Gasteiger charge is 2.57. The number of nitrogens with zero attached hydrogens (tertiary/aromatic N) is 5. The lowest BCUT2D eigenvalue weighted by Gasteiger charge is -2.50. The van der Waals surface area contributed by atoms with E-state index in [2.05, 4.69) is 24.4 Å². The number of anilines is 1. The number of aliphatic carboxylic acids is 1. The van der Waals surface area contributed by atoms with E-state index in [-0.39, 0.29) is 10.8 Å². The molecule has 2 aliphatic heterocycles. The Bertz CT molecular complexity index is 1780. The lowest BCUT2D eigenvalue weighted by molar-refractivity contribution is -0.751. The smallest absolute Gasteiger partial charge is 0.418 e. The molecule has 1 aromatic carbocycles. The number of hydrogen-bond acceptors (Lipinski definition) is 13. The average Bonchev–Trinajstić information content (AvgIpc) is 3.50. The van der Waals surface area contributed by atoms with Crippen LogP contribution in [0.4, 0.5) is 5.13 Å². The number of carbonyl (C=O) groups is 3. The molecular weight excluding hydrogens is 634 g/mol. The highest BCUT2D eigenvalue weighted by Crippen LogP contribution is 2.40. The number of Topliss-reactive ketones (excluding diaryl/α,β-unsaturated/α-hetero) is 1. The third kappa shape index (κ3) is 6.91. The van der Waals surface area contributed by atoms with Gasteiger partial charge in [-0.2, -0.15) is 18.2 Å². The van der Waals surface area contributed by atoms with Gasteiger partial charge in [0.15, 0.2) is 23.7 Å². The summed E-state index contributed by atoms with van der Waals surface area (Å²) in [6, 6.07) is 5.40. The number of hydrogen-bond donors (Lipinski definition) is 4. The number of hydroxylamine groups is 2. The molecule has 2 aliphatic rings. The maximum absolute atomic E-state index is 13.3. The number of thiazole rings is 1. The molecule has 5 N–H and O–H groups in total. The predicted octanol–water partition coefficient (Wildman–Crippen LogP) is -0.0926. The zero-order chi connectivity index (χ0) is 32.7. The van der Waals surface area contributed by atoms with Crippen LogP contribution in [0.2, 0.25) is 0 Å². The number of amides is 1. The number of oxime groups is 1. The van der Waals surface area contributed by atoms with Crippen molar-refractivity contribution in [1.82, 2.24) is 20.0 Å². The summed E-state index contributed by atoms with van der Waals surface area (Å²) in [7, 11) is -3.04. The van der Waals surface area contributed by atoms with Gasteiger partial charge in [-0.15, -0.1) is 20.3 Å². The molecule has 0 unspecified atom stereocenters. The molecule has 1 amide bonds. The van der Waals surface area contributed by atoms with Gasteiger partial charge in [-0.05, 0) is 32.0 Å². The predicted molar refractivity (Wildman–Crippen MR) is 157 cm³/mol. The van der Waals surface area contributed by atoms with Gasteiger partial charge in [-0.3, -0.25) is 14.1 Å². The van der Waals surface area contributed by atoms with Crippen LogP contribution in [-0.2, 0) is 47.5 Å². The van der Waals surface area contributed by atoms with E-state index in [1.165, 1.54) is 19.2 Å². The van der Waals surface area contributed by atoms with Gasteiger partial charge in [0.05, 0.1) is 23.4 Å². The fourth-order valence-electron chi connectivity index (χ4n) is 5.07. The molecule has 0 bridgehead atoms. The second kappa shape index (κ2) is 12.3. The van der Waals surface area contributed by atoms with Crippen LogP contribution < -0.4 is 20.5 Å². The molecule has 2 aromatic heterocycles. The van der Waals surface area contributed by atoms with Gasteiger partial charge in [0.2, 0.25) is 6.20 Å². The Hall–Kier alpha value is -4.17. The van der Waals surface area contributed by atoms with Crippen molar-refractivity contribution in [3.63, 3.8) is 0 Å². The zero-order valence-electron chi connectivity index (χ0n) is 24.4. The number of fused-ring (bicyclic) bond motifs is 1. The van der Waals surface area contributed by atoms with Crippen LogP contribution in [0.1, 0.15) is 26.0 Å². The molecule has 4 heterocycles. The van der Waals surface area contributed by atoms with Gasteiger partial charge in [0.1, 0.15) is 23.6 Å². The van der Waals surface area contributed by atoms with Crippen LogP contribution >= 0.6 is 11.3 Å². The van der Waals surface area contributed by atoms with Crippen LogP contribution in [0, 0.1) is 11.8 Å². The van der Waals surface area contributed by atoms with E-state index < -0.39 is 64.4 Å². The molecule has 5 rings (SSSR count). The molecule has 0 saturated carbocycles. The summed E-state index contributed by atoms with van der Waals surface area (Å²) in [6.45, 7) is 5.19. The number of carbonyl (C=O) groups excluding carboxylic acids is 2. The normalized spacial score (nSPS) is 19.2. The lowest BCUT2D eigenvalue weighted by atomic mass is 9.74. The second-order valence-electron chi connectivity index (χ2n) is 11.3. The van der Waals surface area contributed by atoms with Crippen LogP contribution in [0.3, 0.4) is 0 Å². The van der Waals surface area contributed by atoms with Crippen molar-refractivity contribution in [1.29, 1.82) is 0 Å². The Morgan fingerprint density at radius 2 is 2.07 bits per heavy atom. The van der Waals surface area contributed by atoms with Crippen molar-refractivity contribution < 1.29 is 51.0 Å². The van der Waals surface area contributed by atoms with Gasteiger partial charge in [0.25, 0.3) is 12.0 Å². The Morgan fingerprint density at radius 1 is 1.33 bits per heavy atom. The number of carboxylic acid groups (broad SMARTS) is 1. The summed E-state index contributed by atoms with van der Waals surface area (Å²) in [5.41, 5.74) is 5.00. The van der Waals surface area contributed by atoms with Crippen LogP contribution in [0.25, 0.3) is 10.9 Å². The molecule has 3 aromatic rings. The first-order valence-corrected chi connectivity index (χ1v) is 15.9. The maximum Gasteiger partial charge on any atom is 0.418 e. The van der Waals surface area contributed by atoms with Crippen LogP contribution in [-0.4, -0.2) is 87.5 Å². The minimum Gasteiger partial charge on any atom is -0.489 e. The molecule has 2 atom stereocenters. The molecule has 2 saturated heterocycles. The van der Waals surface area contributed by atoms with Gasteiger partial charge < -0.3 is 25.7 Å². The largest absolute Gasteiger partial charge is 0.489 e. The third-order valence-corrected chi connectivity index (χ3v) is 8.70. The van der Waals surface area contributed by atoms with Crippen molar-refractivity contribution in [2.24, 2.45) is 24.0 Å². The SMILES string of the molecule is C[n+]1cc2cc(OC[C@@H](O/N=C(\C(=O)C[C@@H]3C(=O)N(OS(=O)(=O)O)C3(C)C)c3csc(N)n3)C(=O)O)ccc2n1CC1CNC1. The first kappa shape index (κ1) is 32.2. The minimum atomic E-state index is -4.98. The van der Waals surface area contributed by atoms with E-state index in [1.807, 2.05) is 24.0 Å². The van der Waals surface area contributed by atoms with E-state index in [0.717, 1.165) is 41.9 Å². The monoisotopic (exact) mass is 666 g/mol. The highest BCUT2D eigenvalue weighted by molar-refractivity contribution is 7.80. The summed E-state index contributed by atoms with van der Waals surface area (Å²) in [5.74, 6) is -3.17. The number of ketones is 1. The Labute approximate surface area is 261 Å². The van der Waals surface area contributed by atoms with Crippen molar-refractivity contribution in [3.8, 4) is 5.75 Å². The first-order chi connectivity index (χ1) is 21.1. The summed E-state index contributed by atoms with van der Waals surface area (Å²) in [4.78, 5) is 47.2. The number of β-lactam (4-membered cyclic amide) rings is 1. The molecular formula is C26H32N7O10S2+. The zero-order valence-corrected chi connectivity index (χ0v) is 26.1. The van der Waals surface area contributed by atoms with Crippen molar-refractivity contribution in [2.75, 3.05) is 25.4 Å². The Kier molecular flexibility index (Phi) is 8.82. The average molecular weight is 667 g/mol. The first-order valence-electron chi connectivity index (χ1n) is 13.7. The highest BCUT2D eigenvalue weighted by atomic mass is 32.3. The third-order valence-electron chi connectivity index (χ3n) is 7.69. The number of benzene rings is 1. The standard InChI is InChI=1S/C26H31N7O10S2/c1-26(2)17(23(35)33(26)43-45(38,39)40)7-20(34)22(18-13-44-25(27)29-18)30-42-21(24(36)37)12-41-16-4-5-19-15(6-16)11-31(3)32(19)10-14-8-28-9-14/h4-6,11,13-14,17,21,28H,7-10,12H2,1-3H3,(H3-,27,29,36,37,38,39,40)/p+1/b30-22-/t17-,21-/m1/s1. The number of carboxylic acids is 1. The summed E-state index contributed by atoms with van der Waals surface area (Å²) in [5, 5.41) is 19.7. The number of ether oxygens (including phenoxy) is 1. The second-order valence-corrected chi connectivity index (χ2v) is 13.1. The number of aromatic nitrogens is 3. The fourth-order valence-corrected chi connectivity index (χ4v) is 6.07. The molecule has 17 nitrogen and oxygen atoms in total. The quantitative estimate of drug-likeness (QED) is 0.0580. The summed E-state index contributed by atoms with van der Waals surface area (Å²) in [6.07, 6.45) is -0.172. The molecule has 45 heavy (non-hydrogen) atoms. The Morgan fingerprint density at radius 3 is 2.64 bits per heavy atom. The molecule has 0 aliphatic carbocycles. The molecule has 242 valence electrons. The number of nitrogen functional groups attached to an aromatic ring is 1. The molecule has 0 radical (unpaired) electrons. The van der Waals surface area contributed by atoms with Crippen molar-refractivity contribution in [2.45, 2.75) is 38.5 Å². The van der Waals surface area contributed by atoms with E-state index in [1.54, 1.807) is 12.1 Å². The van der Waals surface area contributed by atoms with Gasteiger partial charge in [-0.25, -0.2) is 9.78 Å². The fraction of sp³-hybridized carbons (Fsp3) is 0.462. The number of aryl methyl sites for hydroxylation is 1. The molecule has 0 spiro atoms. The minimum absolute atomic E-state index is 0.0105. The van der Waals surface area contributed by atoms with Crippen LogP contribution in [0.5, 0.6) is 5.75 Å². The van der Waals surface area contributed by atoms with E-state index in [4.69, 9.17) is 19.9 Å². The molecule has 2 fully saturated rings.